The third-order valence-corrected chi connectivity index (χ3v) is 4.47. The molecular formula is C19H23N3O3. The molecule has 0 radical (unpaired) electrons. The van der Waals surface area contributed by atoms with E-state index in [0.29, 0.717) is 18.7 Å². The van der Waals surface area contributed by atoms with Crippen LogP contribution in [0.5, 0.6) is 11.5 Å². The Hall–Kier alpha value is -2.60. The normalized spacial score (nSPS) is 15.0. The average Bonchev–Trinajstić information content (AvgIpc) is 2.68. The minimum Gasteiger partial charge on any atom is -0.497 e. The van der Waals surface area contributed by atoms with E-state index in [0.717, 1.165) is 36.7 Å². The molecule has 0 unspecified atom stereocenters. The summed E-state index contributed by atoms with van der Waals surface area (Å²) in [5.74, 6) is 1.75. The summed E-state index contributed by atoms with van der Waals surface area (Å²) in [6.45, 7) is 3.87. The lowest BCUT2D eigenvalue weighted by atomic mass is 10.1. The Morgan fingerprint density at radius 1 is 1.04 bits per heavy atom. The molecule has 1 aliphatic heterocycles. The van der Waals surface area contributed by atoms with Crippen LogP contribution in [0.15, 0.2) is 42.7 Å². The van der Waals surface area contributed by atoms with E-state index in [-0.39, 0.29) is 5.91 Å². The summed E-state index contributed by atoms with van der Waals surface area (Å²) >= 11 is 0. The molecule has 0 bridgehead atoms. The summed E-state index contributed by atoms with van der Waals surface area (Å²) in [6.07, 6.45) is 3.30. The van der Waals surface area contributed by atoms with Gasteiger partial charge < -0.3 is 14.4 Å². The summed E-state index contributed by atoms with van der Waals surface area (Å²) in [7, 11) is 3.34. The average molecular weight is 341 g/mol. The highest BCUT2D eigenvalue weighted by Crippen LogP contribution is 2.25. The molecule has 6 heteroatoms. The van der Waals surface area contributed by atoms with Crippen molar-refractivity contribution in [2.24, 2.45) is 0 Å². The van der Waals surface area contributed by atoms with Crippen molar-refractivity contribution < 1.29 is 14.3 Å². The van der Waals surface area contributed by atoms with Crippen molar-refractivity contribution >= 4 is 5.91 Å². The Kier molecular flexibility index (Phi) is 5.50. The topological polar surface area (TPSA) is 54.9 Å². The molecular weight excluding hydrogens is 318 g/mol. The molecule has 0 saturated carbocycles. The molecule has 132 valence electrons. The zero-order valence-corrected chi connectivity index (χ0v) is 14.6. The van der Waals surface area contributed by atoms with Crippen LogP contribution in [0.3, 0.4) is 0 Å². The van der Waals surface area contributed by atoms with Gasteiger partial charge in [-0.1, -0.05) is 0 Å². The van der Waals surface area contributed by atoms with E-state index in [4.69, 9.17) is 9.47 Å². The van der Waals surface area contributed by atoms with Crippen LogP contribution in [-0.2, 0) is 6.54 Å². The molecule has 1 fully saturated rings. The van der Waals surface area contributed by atoms with Gasteiger partial charge in [-0.25, -0.2) is 0 Å². The summed E-state index contributed by atoms with van der Waals surface area (Å²) in [5, 5.41) is 0. The Morgan fingerprint density at radius 3 is 2.40 bits per heavy atom. The number of aromatic nitrogens is 1. The van der Waals surface area contributed by atoms with Gasteiger partial charge in [-0.05, 0) is 30.3 Å². The first kappa shape index (κ1) is 17.2. The molecule has 2 aromatic rings. The standard InChI is InChI=1S/C19H23N3O3/c1-24-17-3-4-18(25-2)16(13-17)14-21-9-11-22(12-10-21)19(23)15-5-7-20-8-6-15/h3-8,13H,9-12,14H2,1-2H3. The highest BCUT2D eigenvalue weighted by atomic mass is 16.5. The van der Waals surface area contributed by atoms with Gasteiger partial charge in [0.25, 0.3) is 5.91 Å². The monoisotopic (exact) mass is 341 g/mol. The van der Waals surface area contributed by atoms with Gasteiger partial charge in [-0.2, -0.15) is 0 Å². The number of hydrogen-bond acceptors (Lipinski definition) is 5. The van der Waals surface area contributed by atoms with Crippen LogP contribution in [0.4, 0.5) is 0 Å². The summed E-state index contributed by atoms with van der Waals surface area (Å²) < 4.78 is 10.8. The number of nitrogens with zero attached hydrogens (tertiary/aromatic N) is 3. The Morgan fingerprint density at radius 2 is 1.76 bits per heavy atom. The lowest BCUT2D eigenvalue weighted by Crippen LogP contribution is -2.48. The van der Waals surface area contributed by atoms with Crippen LogP contribution < -0.4 is 9.47 Å². The molecule has 3 rings (SSSR count). The second kappa shape index (κ2) is 7.98. The molecule has 1 amide bonds. The minimum atomic E-state index is 0.0704. The zero-order valence-electron chi connectivity index (χ0n) is 14.6. The summed E-state index contributed by atoms with van der Waals surface area (Å²) in [5.41, 5.74) is 1.79. The van der Waals surface area contributed by atoms with Gasteiger partial charge >= 0.3 is 0 Å². The van der Waals surface area contributed by atoms with Crippen LogP contribution >= 0.6 is 0 Å². The largest absolute Gasteiger partial charge is 0.497 e. The number of amides is 1. The van der Waals surface area contributed by atoms with Crippen LogP contribution in [0.2, 0.25) is 0 Å². The predicted octanol–water partition coefficient (Wildman–Crippen LogP) is 2.06. The number of benzene rings is 1. The first-order chi connectivity index (χ1) is 12.2. The van der Waals surface area contributed by atoms with Gasteiger partial charge in [0.1, 0.15) is 11.5 Å². The third-order valence-electron chi connectivity index (χ3n) is 4.47. The molecule has 0 aliphatic carbocycles. The number of carbonyl (C=O) groups excluding carboxylic acids is 1. The molecule has 1 aliphatic rings. The van der Waals surface area contributed by atoms with E-state index < -0.39 is 0 Å². The van der Waals surface area contributed by atoms with E-state index in [1.165, 1.54) is 0 Å². The first-order valence-corrected chi connectivity index (χ1v) is 8.34. The van der Waals surface area contributed by atoms with Crippen LogP contribution in [-0.4, -0.2) is 61.1 Å². The number of methoxy groups -OCH3 is 2. The molecule has 2 heterocycles. The fourth-order valence-electron chi connectivity index (χ4n) is 3.03. The van der Waals surface area contributed by atoms with Gasteiger partial charge in [-0.3, -0.25) is 14.7 Å². The van der Waals surface area contributed by atoms with E-state index >= 15 is 0 Å². The van der Waals surface area contributed by atoms with Crippen molar-refractivity contribution in [2.45, 2.75) is 6.54 Å². The smallest absolute Gasteiger partial charge is 0.254 e. The maximum atomic E-state index is 12.5. The lowest BCUT2D eigenvalue weighted by Gasteiger charge is -2.35. The van der Waals surface area contributed by atoms with Crippen molar-refractivity contribution in [1.82, 2.24) is 14.8 Å². The number of piperazine rings is 1. The van der Waals surface area contributed by atoms with Crippen LogP contribution in [0, 0.1) is 0 Å². The molecule has 0 spiro atoms. The number of pyridine rings is 1. The van der Waals surface area contributed by atoms with Crippen LogP contribution in [0.25, 0.3) is 0 Å². The second-order valence-electron chi connectivity index (χ2n) is 5.98. The lowest BCUT2D eigenvalue weighted by molar-refractivity contribution is 0.0627. The number of ether oxygens (including phenoxy) is 2. The van der Waals surface area contributed by atoms with Crippen molar-refractivity contribution in [3.63, 3.8) is 0 Å². The van der Waals surface area contributed by atoms with E-state index in [1.54, 1.807) is 38.7 Å². The van der Waals surface area contributed by atoms with Crippen molar-refractivity contribution in [3.05, 3.63) is 53.9 Å². The Bertz CT molecular complexity index is 713. The highest BCUT2D eigenvalue weighted by molar-refractivity contribution is 5.94. The fourth-order valence-corrected chi connectivity index (χ4v) is 3.03. The van der Waals surface area contributed by atoms with Gasteiger partial charge in [-0.15, -0.1) is 0 Å². The van der Waals surface area contributed by atoms with Crippen molar-refractivity contribution in [2.75, 3.05) is 40.4 Å². The number of rotatable bonds is 5. The SMILES string of the molecule is COc1ccc(OC)c(CN2CCN(C(=O)c3ccncc3)CC2)c1. The van der Waals surface area contributed by atoms with Crippen LogP contribution in [0.1, 0.15) is 15.9 Å². The molecule has 25 heavy (non-hydrogen) atoms. The quantitative estimate of drug-likeness (QED) is 0.833. The molecule has 1 aromatic carbocycles. The summed E-state index contributed by atoms with van der Waals surface area (Å²) in [6, 6.07) is 9.35. The van der Waals surface area contributed by atoms with Gasteiger partial charge in [0.05, 0.1) is 14.2 Å². The van der Waals surface area contributed by atoms with Crippen molar-refractivity contribution in [3.8, 4) is 11.5 Å². The predicted molar refractivity (Wildman–Crippen MR) is 95.0 cm³/mol. The highest BCUT2D eigenvalue weighted by Gasteiger charge is 2.22. The molecule has 0 N–H and O–H groups in total. The molecule has 1 aromatic heterocycles. The minimum absolute atomic E-state index is 0.0704. The molecule has 1 saturated heterocycles. The molecule has 0 atom stereocenters. The molecule has 6 nitrogen and oxygen atoms in total. The van der Waals surface area contributed by atoms with E-state index in [2.05, 4.69) is 9.88 Å². The Balaban J connectivity index is 1.60. The van der Waals surface area contributed by atoms with Gasteiger partial charge in [0, 0.05) is 56.2 Å². The number of hydrogen-bond donors (Lipinski definition) is 0. The Labute approximate surface area is 148 Å². The fraction of sp³-hybridized carbons (Fsp3) is 0.368. The van der Waals surface area contributed by atoms with E-state index in [1.807, 2.05) is 23.1 Å². The van der Waals surface area contributed by atoms with Crippen molar-refractivity contribution in [1.29, 1.82) is 0 Å². The van der Waals surface area contributed by atoms with Gasteiger partial charge in [0.15, 0.2) is 0 Å². The summed E-state index contributed by atoms with van der Waals surface area (Å²) in [4.78, 5) is 20.7. The second-order valence-corrected chi connectivity index (χ2v) is 5.98. The third kappa shape index (κ3) is 4.09. The zero-order chi connectivity index (χ0) is 17.6. The van der Waals surface area contributed by atoms with E-state index in [9.17, 15) is 4.79 Å². The van der Waals surface area contributed by atoms with Gasteiger partial charge in [0.2, 0.25) is 0 Å². The number of carbonyl (C=O) groups is 1. The first-order valence-electron chi connectivity index (χ1n) is 8.34. The maximum absolute atomic E-state index is 12.5. The maximum Gasteiger partial charge on any atom is 0.254 e.